The first-order valence-corrected chi connectivity index (χ1v) is 4.37. The van der Waals surface area contributed by atoms with Crippen LogP contribution in [0.3, 0.4) is 0 Å². The van der Waals surface area contributed by atoms with Gasteiger partial charge in [0, 0.05) is 24.0 Å². The Balaban J connectivity index is 2.36. The van der Waals surface area contributed by atoms with Gasteiger partial charge in [-0.2, -0.15) is 0 Å². The Hall–Kier alpha value is -2.17. The van der Waals surface area contributed by atoms with Crippen LogP contribution < -0.4 is 0 Å². The number of rotatable bonds is 2. The molecular formula is C10H9N3O2. The Morgan fingerprint density at radius 3 is 3.07 bits per heavy atom. The van der Waals surface area contributed by atoms with Gasteiger partial charge in [0.15, 0.2) is 5.76 Å². The molecule has 0 bridgehead atoms. The van der Waals surface area contributed by atoms with Gasteiger partial charge in [0.1, 0.15) is 11.4 Å². The highest BCUT2D eigenvalue weighted by Crippen LogP contribution is 2.17. The minimum absolute atomic E-state index is 0.387. The molecule has 0 radical (unpaired) electrons. The summed E-state index contributed by atoms with van der Waals surface area (Å²) >= 11 is 0. The molecule has 2 heterocycles. The average molecular weight is 203 g/mol. The molecule has 0 amide bonds. The zero-order valence-electron chi connectivity index (χ0n) is 8.08. The standard InChI is InChI=1S/C10H9N3O2/c1-7(12-14)10-5-9(13-15-10)8-3-2-4-11-6-8/h2-6,14H,1H3. The molecular weight excluding hydrogens is 194 g/mol. The molecule has 2 aromatic heterocycles. The Kier molecular flexibility index (Phi) is 2.45. The number of hydrogen-bond donors (Lipinski definition) is 1. The van der Waals surface area contributed by atoms with Gasteiger partial charge in [-0.05, 0) is 19.1 Å². The van der Waals surface area contributed by atoms with E-state index in [9.17, 15) is 0 Å². The molecule has 2 rings (SSSR count). The van der Waals surface area contributed by atoms with Crippen molar-refractivity contribution in [3.8, 4) is 11.3 Å². The van der Waals surface area contributed by atoms with E-state index in [2.05, 4.69) is 15.3 Å². The molecule has 0 atom stereocenters. The molecule has 1 N–H and O–H groups in total. The van der Waals surface area contributed by atoms with Crippen molar-refractivity contribution in [2.75, 3.05) is 0 Å². The highest BCUT2D eigenvalue weighted by molar-refractivity contribution is 5.96. The number of aromatic nitrogens is 2. The van der Waals surface area contributed by atoms with Crippen molar-refractivity contribution < 1.29 is 9.73 Å². The molecule has 5 heteroatoms. The summed E-state index contributed by atoms with van der Waals surface area (Å²) in [7, 11) is 0. The molecule has 15 heavy (non-hydrogen) atoms. The van der Waals surface area contributed by atoms with Crippen LogP contribution in [0.15, 0.2) is 40.3 Å². The Bertz CT molecular complexity index is 476. The SMILES string of the molecule is CC(=NO)c1cc(-c2cccnc2)no1. The molecule has 76 valence electrons. The second kappa shape index (κ2) is 3.91. The molecule has 0 saturated carbocycles. The first kappa shape index (κ1) is 9.39. The number of hydrogen-bond acceptors (Lipinski definition) is 5. The van der Waals surface area contributed by atoms with Gasteiger partial charge in [-0.15, -0.1) is 0 Å². The fourth-order valence-corrected chi connectivity index (χ4v) is 1.15. The quantitative estimate of drug-likeness (QED) is 0.460. The lowest BCUT2D eigenvalue weighted by Gasteiger charge is -1.90. The summed E-state index contributed by atoms with van der Waals surface area (Å²) in [6.07, 6.45) is 3.37. The molecule has 5 nitrogen and oxygen atoms in total. The first-order valence-electron chi connectivity index (χ1n) is 4.37. The first-order chi connectivity index (χ1) is 7.31. The van der Waals surface area contributed by atoms with E-state index in [-0.39, 0.29) is 0 Å². The van der Waals surface area contributed by atoms with Gasteiger partial charge in [0.25, 0.3) is 0 Å². The monoisotopic (exact) mass is 203 g/mol. The predicted molar refractivity (Wildman–Crippen MR) is 53.7 cm³/mol. The van der Waals surface area contributed by atoms with Crippen LogP contribution in [0.25, 0.3) is 11.3 Å². The summed E-state index contributed by atoms with van der Waals surface area (Å²) in [5, 5.41) is 15.4. The molecule has 0 spiro atoms. The van der Waals surface area contributed by atoms with Crippen LogP contribution in [-0.4, -0.2) is 21.1 Å². The van der Waals surface area contributed by atoms with E-state index in [0.717, 1.165) is 5.56 Å². The zero-order valence-corrected chi connectivity index (χ0v) is 8.08. The van der Waals surface area contributed by atoms with Crippen molar-refractivity contribution in [1.29, 1.82) is 0 Å². The minimum atomic E-state index is 0.387. The molecule has 0 fully saturated rings. The zero-order chi connectivity index (χ0) is 10.7. The van der Waals surface area contributed by atoms with E-state index in [1.807, 2.05) is 12.1 Å². The summed E-state index contributed by atoms with van der Waals surface area (Å²) in [4.78, 5) is 3.97. The lowest BCUT2D eigenvalue weighted by Crippen LogP contribution is -1.90. The van der Waals surface area contributed by atoms with E-state index in [1.165, 1.54) is 0 Å². The lowest BCUT2D eigenvalue weighted by molar-refractivity contribution is 0.316. The van der Waals surface area contributed by atoms with Crippen LogP contribution in [0.1, 0.15) is 12.7 Å². The number of nitrogens with zero attached hydrogens (tertiary/aromatic N) is 3. The highest BCUT2D eigenvalue weighted by Gasteiger charge is 2.08. The summed E-state index contributed by atoms with van der Waals surface area (Å²) < 4.78 is 5.00. The smallest absolute Gasteiger partial charge is 0.184 e. The lowest BCUT2D eigenvalue weighted by atomic mass is 10.2. The molecule has 0 aliphatic heterocycles. The maximum atomic E-state index is 8.56. The predicted octanol–water partition coefficient (Wildman–Crippen LogP) is 1.93. The van der Waals surface area contributed by atoms with Crippen LogP contribution in [0.4, 0.5) is 0 Å². The maximum Gasteiger partial charge on any atom is 0.184 e. The fraction of sp³-hybridized carbons (Fsp3) is 0.100. The van der Waals surface area contributed by atoms with Crippen molar-refractivity contribution in [1.82, 2.24) is 10.1 Å². The van der Waals surface area contributed by atoms with Crippen LogP contribution >= 0.6 is 0 Å². The van der Waals surface area contributed by atoms with E-state index in [4.69, 9.17) is 9.73 Å². The summed E-state index contributed by atoms with van der Waals surface area (Å²) in [5.74, 6) is 0.441. The minimum Gasteiger partial charge on any atom is -0.411 e. The van der Waals surface area contributed by atoms with Crippen LogP contribution in [-0.2, 0) is 0 Å². The Morgan fingerprint density at radius 1 is 1.53 bits per heavy atom. The van der Waals surface area contributed by atoms with E-state index < -0.39 is 0 Å². The van der Waals surface area contributed by atoms with Crippen LogP contribution in [0, 0.1) is 0 Å². The van der Waals surface area contributed by atoms with Gasteiger partial charge in [-0.25, -0.2) is 0 Å². The Morgan fingerprint density at radius 2 is 2.40 bits per heavy atom. The molecule has 0 aromatic carbocycles. The highest BCUT2D eigenvalue weighted by atomic mass is 16.5. The van der Waals surface area contributed by atoms with Crippen LogP contribution in [0.2, 0.25) is 0 Å². The van der Waals surface area contributed by atoms with Gasteiger partial charge < -0.3 is 9.73 Å². The van der Waals surface area contributed by atoms with E-state index in [1.54, 1.807) is 25.4 Å². The van der Waals surface area contributed by atoms with E-state index >= 15 is 0 Å². The third-order valence-corrected chi connectivity index (χ3v) is 1.97. The van der Waals surface area contributed by atoms with Crippen LogP contribution in [0.5, 0.6) is 0 Å². The second-order valence-corrected chi connectivity index (χ2v) is 3.00. The molecule has 0 unspecified atom stereocenters. The van der Waals surface area contributed by atoms with Gasteiger partial charge in [0.2, 0.25) is 0 Å². The van der Waals surface area contributed by atoms with Gasteiger partial charge in [0.05, 0.1) is 0 Å². The third-order valence-electron chi connectivity index (χ3n) is 1.97. The average Bonchev–Trinajstić information content (AvgIpc) is 2.78. The molecule has 2 aromatic rings. The Labute approximate surface area is 86.0 Å². The van der Waals surface area contributed by atoms with Gasteiger partial charge in [-0.3, -0.25) is 4.98 Å². The topological polar surface area (TPSA) is 71.5 Å². The summed E-state index contributed by atoms with van der Waals surface area (Å²) in [5.41, 5.74) is 1.91. The van der Waals surface area contributed by atoms with Crippen molar-refractivity contribution in [2.45, 2.75) is 6.92 Å². The van der Waals surface area contributed by atoms with Crippen molar-refractivity contribution >= 4 is 5.71 Å². The summed E-state index contributed by atoms with van der Waals surface area (Å²) in [6.45, 7) is 1.63. The second-order valence-electron chi connectivity index (χ2n) is 3.00. The maximum absolute atomic E-state index is 8.56. The largest absolute Gasteiger partial charge is 0.411 e. The molecule has 0 saturated heterocycles. The van der Waals surface area contributed by atoms with E-state index in [0.29, 0.717) is 17.2 Å². The van der Waals surface area contributed by atoms with Crippen molar-refractivity contribution in [3.63, 3.8) is 0 Å². The van der Waals surface area contributed by atoms with Gasteiger partial charge >= 0.3 is 0 Å². The third kappa shape index (κ3) is 1.85. The molecule has 0 aliphatic rings. The number of pyridine rings is 1. The number of oxime groups is 1. The fourth-order valence-electron chi connectivity index (χ4n) is 1.15. The summed E-state index contributed by atoms with van der Waals surface area (Å²) in [6, 6.07) is 5.39. The van der Waals surface area contributed by atoms with Crippen molar-refractivity contribution in [3.05, 3.63) is 36.4 Å². The van der Waals surface area contributed by atoms with Gasteiger partial charge in [-0.1, -0.05) is 10.3 Å². The molecule has 0 aliphatic carbocycles. The normalized spacial score (nSPS) is 11.7. The van der Waals surface area contributed by atoms with Crippen molar-refractivity contribution in [2.24, 2.45) is 5.16 Å².